The summed E-state index contributed by atoms with van der Waals surface area (Å²) in [6, 6.07) is 7.59. The molecule has 1 atom stereocenters. The minimum absolute atomic E-state index is 0.138. The van der Waals surface area contributed by atoms with E-state index >= 15 is 0 Å². The van der Waals surface area contributed by atoms with E-state index in [9.17, 15) is 4.79 Å². The summed E-state index contributed by atoms with van der Waals surface area (Å²) in [7, 11) is 0. The van der Waals surface area contributed by atoms with E-state index in [1.165, 1.54) is 11.0 Å². The van der Waals surface area contributed by atoms with Crippen LogP contribution in [-0.2, 0) is 0 Å². The van der Waals surface area contributed by atoms with Gasteiger partial charge in [0.25, 0.3) is 5.91 Å². The number of nitrogens with two attached hydrogens (primary N) is 2. The molecule has 2 aliphatic carbocycles. The van der Waals surface area contributed by atoms with Gasteiger partial charge in [-0.15, -0.1) is 0 Å². The molecule has 0 bridgehead atoms. The molecule has 0 saturated heterocycles. The minimum atomic E-state index is -0.606. The van der Waals surface area contributed by atoms with E-state index in [4.69, 9.17) is 11.5 Å². The fourth-order valence-corrected chi connectivity index (χ4v) is 3.68. The average Bonchev–Trinajstić information content (AvgIpc) is 3.65. The minimum Gasteiger partial charge on any atom is -0.365 e. The molecule has 2 aliphatic rings. The number of nitrogens with one attached hydrogen (secondary N) is 2. The van der Waals surface area contributed by atoms with Crippen LogP contribution < -0.4 is 22.1 Å². The number of carbonyl (C=O) groups is 1. The predicted molar refractivity (Wildman–Crippen MR) is 111 cm³/mol. The third-order valence-electron chi connectivity index (χ3n) is 5.64. The molecule has 1 aromatic carbocycles. The van der Waals surface area contributed by atoms with Crippen molar-refractivity contribution < 1.29 is 4.79 Å². The van der Waals surface area contributed by atoms with Crippen LogP contribution >= 0.6 is 0 Å². The van der Waals surface area contributed by atoms with Crippen LogP contribution in [0.25, 0.3) is 5.69 Å². The van der Waals surface area contributed by atoms with Gasteiger partial charge in [-0.2, -0.15) is 20.0 Å². The van der Waals surface area contributed by atoms with Gasteiger partial charge in [0.1, 0.15) is 11.4 Å². The maximum Gasteiger partial charge on any atom is 0.254 e. The Balaban J connectivity index is 1.43. The number of aromatic nitrogens is 5. The van der Waals surface area contributed by atoms with Gasteiger partial charge in [0.05, 0.1) is 18.1 Å². The Hall–Kier alpha value is -3.53. The van der Waals surface area contributed by atoms with Crippen molar-refractivity contribution in [2.75, 3.05) is 10.6 Å². The lowest BCUT2D eigenvalue weighted by Gasteiger charge is -2.25. The third kappa shape index (κ3) is 3.69. The van der Waals surface area contributed by atoms with Crippen molar-refractivity contribution in [2.24, 2.45) is 17.4 Å². The van der Waals surface area contributed by atoms with Gasteiger partial charge in [0, 0.05) is 23.5 Å². The van der Waals surface area contributed by atoms with Gasteiger partial charge in [0.2, 0.25) is 5.95 Å². The molecule has 30 heavy (non-hydrogen) atoms. The molecule has 154 valence electrons. The topological polar surface area (TPSA) is 150 Å². The molecule has 3 aromatic rings. The molecule has 10 nitrogen and oxygen atoms in total. The van der Waals surface area contributed by atoms with Crippen LogP contribution in [0.15, 0.2) is 42.9 Å². The first-order valence-electron chi connectivity index (χ1n) is 9.98. The summed E-state index contributed by atoms with van der Waals surface area (Å²) in [5, 5.41) is 14.9. The number of carbonyl (C=O) groups excluding carboxylic acids is 1. The molecule has 10 heteroatoms. The molecule has 2 saturated carbocycles. The zero-order valence-electron chi connectivity index (χ0n) is 16.3. The SMILES string of the molecule is NC(=O)c1cnc(NC(C2CC2)C2(N)CC2)nc1Nc1cccc(-n2nccn2)c1. The van der Waals surface area contributed by atoms with Crippen LogP contribution in [-0.4, -0.2) is 42.4 Å². The first-order valence-corrected chi connectivity index (χ1v) is 9.98. The van der Waals surface area contributed by atoms with E-state index in [1.807, 2.05) is 24.3 Å². The first-order chi connectivity index (χ1) is 14.5. The highest BCUT2D eigenvalue weighted by Gasteiger charge is 2.52. The summed E-state index contributed by atoms with van der Waals surface area (Å²) in [6.07, 6.45) is 8.98. The van der Waals surface area contributed by atoms with E-state index in [1.54, 1.807) is 12.4 Å². The largest absolute Gasteiger partial charge is 0.365 e. The number of amides is 1. The fourth-order valence-electron chi connectivity index (χ4n) is 3.68. The molecule has 6 N–H and O–H groups in total. The molecule has 2 fully saturated rings. The summed E-state index contributed by atoms with van der Waals surface area (Å²) >= 11 is 0. The van der Waals surface area contributed by atoms with Crippen LogP contribution in [0.2, 0.25) is 0 Å². The number of rotatable bonds is 8. The van der Waals surface area contributed by atoms with Crippen LogP contribution in [0.5, 0.6) is 0 Å². The lowest BCUT2D eigenvalue weighted by molar-refractivity contribution is 0.100. The van der Waals surface area contributed by atoms with Crippen molar-refractivity contribution >= 4 is 23.4 Å². The molecule has 2 heterocycles. The van der Waals surface area contributed by atoms with Crippen molar-refractivity contribution in [3.05, 3.63) is 48.4 Å². The lowest BCUT2D eigenvalue weighted by Crippen LogP contribution is -2.44. The second-order valence-electron chi connectivity index (χ2n) is 8.01. The number of benzene rings is 1. The smallest absolute Gasteiger partial charge is 0.254 e. The van der Waals surface area contributed by atoms with Crippen LogP contribution in [0.1, 0.15) is 36.0 Å². The number of hydrogen-bond acceptors (Lipinski definition) is 8. The van der Waals surface area contributed by atoms with Crippen molar-refractivity contribution in [3.8, 4) is 5.69 Å². The number of hydrogen-bond donors (Lipinski definition) is 4. The molecular formula is C20H23N9O. The van der Waals surface area contributed by atoms with Crippen LogP contribution in [0, 0.1) is 5.92 Å². The molecular weight excluding hydrogens is 382 g/mol. The molecule has 0 aliphatic heterocycles. The molecule has 5 rings (SSSR count). The van der Waals surface area contributed by atoms with Crippen LogP contribution in [0.4, 0.5) is 17.5 Å². The third-order valence-corrected chi connectivity index (χ3v) is 5.64. The Bertz CT molecular complexity index is 1070. The van der Waals surface area contributed by atoms with Crippen molar-refractivity contribution in [3.63, 3.8) is 0 Å². The number of nitrogens with zero attached hydrogens (tertiary/aromatic N) is 5. The lowest BCUT2D eigenvalue weighted by atomic mass is 10.0. The average molecular weight is 405 g/mol. The Morgan fingerprint density at radius 1 is 1.23 bits per heavy atom. The van der Waals surface area contributed by atoms with Gasteiger partial charge in [0.15, 0.2) is 0 Å². The molecule has 0 radical (unpaired) electrons. The maximum absolute atomic E-state index is 11.9. The van der Waals surface area contributed by atoms with Gasteiger partial charge >= 0.3 is 0 Å². The van der Waals surface area contributed by atoms with E-state index in [2.05, 4.69) is 30.8 Å². The zero-order valence-corrected chi connectivity index (χ0v) is 16.3. The van der Waals surface area contributed by atoms with E-state index in [0.717, 1.165) is 31.4 Å². The molecule has 1 amide bonds. The van der Waals surface area contributed by atoms with Gasteiger partial charge in [-0.1, -0.05) is 6.07 Å². The van der Waals surface area contributed by atoms with Gasteiger partial charge in [-0.05, 0) is 49.8 Å². The highest BCUT2D eigenvalue weighted by Crippen LogP contribution is 2.47. The second-order valence-corrected chi connectivity index (χ2v) is 8.01. The normalized spacial score (nSPS) is 17.9. The van der Waals surface area contributed by atoms with Gasteiger partial charge in [-0.3, -0.25) is 4.79 Å². The Labute approximate surface area is 173 Å². The van der Waals surface area contributed by atoms with Gasteiger partial charge < -0.3 is 22.1 Å². The van der Waals surface area contributed by atoms with E-state index in [0.29, 0.717) is 23.4 Å². The van der Waals surface area contributed by atoms with Crippen molar-refractivity contribution in [2.45, 2.75) is 37.3 Å². The number of primary amides is 1. The Morgan fingerprint density at radius 2 is 2.00 bits per heavy atom. The second kappa shape index (κ2) is 7.06. The summed E-state index contributed by atoms with van der Waals surface area (Å²) in [6.45, 7) is 0. The molecule has 0 spiro atoms. The monoisotopic (exact) mass is 405 g/mol. The van der Waals surface area contributed by atoms with E-state index in [-0.39, 0.29) is 17.1 Å². The molecule has 2 aromatic heterocycles. The Kier molecular flexibility index (Phi) is 4.35. The summed E-state index contributed by atoms with van der Waals surface area (Å²) in [5.74, 6) is 0.708. The summed E-state index contributed by atoms with van der Waals surface area (Å²) in [4.78, 5) is 22.3. The van der Waals surface area contributed by atoms with Crippen molar-refractivity contribution in [1.29, 1.82) is 0 Å². The highest BCUT2D eigenvalue weighted by molar-refractivity contribution is 5.98. The molecule has 1 unspecified atom stereocenters. The zero-order chi connectivity index (χ0) is 20.7. The summed E-state index contributed by atoms with van der Waals surface area (Å²) in [5.41, 5.74) is 13.5. The quantitative estimate of drug-likeness (QED) is 0.441. The Morgan fingerprint density at radius 3 is 2.67 bits per heavy atom. The predicted octanol–water partition coefficient (Wildman–Crippen LogP) is 1.58. The summed E-state index contributed by atoms with van der Waals surface area (Å²) < 4.78 is 0. The fraction of sp³-hybridized carbons (Fsp3) is 0.350. The maximum atomic E-state index is 11.9. The highest BCUT2D eigenvalue weighted by atomic mass is 16.1. The first kappa shape index (κ1) is 18.5. The van der Waals surface area contributed by atoms with Gasteiger partial charge in [-0.25, -0.2) is 4.98 Å². The van der Waals surface area contributed by atoms with Crippen molar-refractivity contribution in [1.82, 2.24) is 25.0 Å². The van der Waals surface area contributed by atoms with Crippen LogP contribution in [0.3, 0.4) is 0 Å². The standard InChI is InChI=1S/C20H23N9O/c21-17(30)15-11-23-19(27-16(12-4-5-12)20(22)6-7-20)28-18(15)26-13-2-1-3-14(10-13)29-24-8-9-25-29/h1-3,8-12,16H,4-7,22H2,(H2,21,30)(H2,23,26,27,28). The van der Waals surface area contributed by atoms with E-state index < -0.39 is 5.91 Å². The number of anilines is 3.